The molecule has 2 aromatic heterocycles. The van der Waals surface area contributed by atoms with Crippen molar-refractivity contribution in [2.24, 2.45) is 0 Å². The summed E-state index contributed by atoms with van der Waals surface area (Å²) in [5.41, 5.74) is 1.24. The molecule has 1 unspecified atom stereocenters. The summed E-state index contributed by atoms with van der Waals surface area (Å²) < 4.78 is 56.6. The molecule has 0 bridgehead atoms. The summed E-state index contributed by atoms with van der Waals surface area (Å²) in [6.45, 7) is 2.43. The van der Waals surface area contributed by atoms with Crippen LogP contribution in [-0.4, -0.2) is 35.3 Å². The molecule has 7 nitrogen and oxygen atoms in total. The minimum absolute atomic E-state index is 0.0494. The Hall–Kier alpha value is -3.47. The van der Waals surface area contributed by atoms with Crippen LogP contribution in [0.25, 0.3) is 17.1 Å². The molecule has 2 aromatic carbocycles. The fraction of sp³-hybridized carbons (Fsp3) is 0.333. The zero-order valence-electron chi connectivity index (χ0n) is 19.5. The van der Waals surface area contributed by atoms with Crippen molar-refractivity contribution in [2.45, 2.75) is 52.1 Å². The predicted octanol–water partition coefficient (Wildman–Crippen LogP) is 5.54. The molecule has 0 aliphatic carbocycles. The van der Waals surface area contributed by atoms with Crippen LogP contribution in [0.15, 0.2) is 53.3 Å². The minimum Gasteiger partial charge on any atom is -0.275 e. The Morgan fingerprint density at radius 3 is 2.39 bits per heavy atom. The molecular formula is C24H23ClF4N6O. The Morgan fingerprint density at radius 1 is 1.06 bits per heavy atom. The van der Waals surface area contributed by atoms with Gasteiger partial charge in [-0.1, -0.05) is 36.7 Å². The predicted molar refractivity (Wildman–Crippen MR) is 127 cm³/mol. The molecule has 0 N–H and O–H groups in total. The van der Waals surface area contributed by atoms with Crippen molar-refractivity contribution in [2.75, 3.05) is 0 Å². The van der Waals surface area contributed by atoms with Gasteiger partial charge in [-0.05, 0) is 49.2 Å². The first-order valence-electron chi connectivity index (χ1n) is 11.3. The quantitative estimate of drug-likeness (QED) is 0.285. The fourth-order valence-electron chi connectivity index (χ4n) is 3.82. The van der Waals surface area contributed by atoms with Crippen molar-refractivity contribution < 1.29 is 17.6 Å². The molecule has 0 spiro atoms. The molecule has 0 saturated heterocycles. The lowest BCUT2D eigenvalue weighted by Gasteiger charge is -2.10. The number of para-hydroxylation sites is 1. The average molecular weight is 523 g/mol. The van der Waals surface area contributed by atoms with Gasteiger partial charge in [0.15, 0.2) is 23.6 Å². The summed E-state index contributed by atoms with van der Waals surface area (Å²) in [7, 11) is 0. The van der Waals surface area contributed by atoms with E-state index < -0.39 is 31.0 Å². The van der Waals surface area contributed by atoms with Crippen LogP contribution in [0.3, 0.4) is 0 Å². The summed E-state index contributed by atoms with van der Waals surface area (Å²) in [6.07, 6.45) is -6.44. The number of aromatic nitrogens is 6. The van der Waals surface area contributed by atoms with E-state index in [-0.39, 0.29) is 24.0 Å². The Balaban J connectivity index is 1.76. The molecule has 0 fully saturated rings. The lowest BCUT2D eigenvalue weighted by Crippen LogP contribution is -2.27. The standard InChI is InChI=1S/C24H23ClF4N6O/c1-3-16-6-4-5-7-19(16)35-21(15(2)26)30-20(31-35)14-34-23(36)33(13-12-24(27,28)29)22(32-34)17-8-10-18(25)11-9-17/h4-11,15H,3,12-14H2,1-2H3. The van der Waals surface area contributed by atoms with Crippen molar-refractivity contribution in [3.05, 3.63) is 81.3 Å². The highest BCUT2D eigenvalue weighted by atomic mass is 35.5. The van der Waals surface area contributed by atoms with Crippen molar-refractivity contribution in [1.82, 2.24) is 29.1 Å². The van der Waals surface area contributed by atoms with E-state index in [0.29, 0.717) is 22.7 Å². The summed E-state index contributed by atoms with van der Waals surface area (Å²) in [5, 5.41) is 9.11. The number of alkyl halides is 4. The third-order valence-electron chi connectivity index (χ3n) is 5.57. The summed E-state index contributed by atoms with van der Waals surface area (Å²) >= 11 is 5.93. The highest BCUT2D eigenvalue weighted by molar-refractivity contribution is 6.30. The molecule has 0 radical (unpaired) electrons. The van der Waals surface area contributed by atoms with E-state index >= 15 is 0 Å². The zero-order chi connectivity index (χ0) is 26.0. The van der Waals surface area contributed by atoms with E-state index in [1.54, 1.807) is 36.4 Å². The van der Waals surface area contributed by atoms with Crippen molar-refractivity contribution in [1.29, 1.82) is 0 Å². The van der Waals surface area contributed by atoms with Gasteiger partial charge in [0.25, 0.3) is 0 Å². The first-order valence-corrected chi connectivity index (χ1v) is 11.6. The third kappa shape index (κ3) is 5.51. The van der Waals surface area contributed by atoms with Gasteiger partial charge in [0.2, 0.25) is 0 Å². The molecule has 0 amide bonds. The normalized spacial score (nSPS) is 12.8. The van der Waals surface area contributed by atoms with Gasteiger partial charge in [0.1, 0.15) is 6.54 Å². The molecule has 2 heterocycles. The third-order valence-corrected chi connectivity index (χ3v) is 5.82. The van der Waals surface area contributed by atoms with Gasteiger partial charge in [0, 0.05) is 17.1 Å². The van der Waals surface area contributed by atoms with Crippen LogP contribution in [0.1, 0.15) is 43.7 Å². The maximum absolute atomic E-state index is 14.5. The van der Waals surface area contributed by atoms with E-state index in [1.807, 2.05) is 19.1 Å². The minimum atomic E-state index is -4.46. The van der Waals surface area contributed by atoms with Crippen molar-refractivity contribution in [3.8, 4) is 17.1 Å². The number of rotatable bonds is 8. The second kappa shape index (κ2) is 10.3. The van der Waals surface area contributed by atoms with Crippen LogP contribution >= 0.6 is 11.6 Å². The summed E-state index contributed by atoms with van der Waals surface area (Å²) in [6, 6.07) is 13.6. The Kier molecular flexibility index (Phi) is 7.30. The van der Waals surface area contributed by atoms with Crippen LogP contribution in [0.4, 0.5) is 17.6 Å². The van der Waals surface area contributed by atoms with E-state index in [4.69, 9.17) is 11.6 Å². The second-order valence-corrected chi connectivity index (χ2v) is 8.62. The molecule has 1 atom stereocenters. The number of aryl methyl sites for hydroxylation is 1. The average Bonchev–Trinajstić information content (AvgIpc) is 3.39. The molecule has 0 aliphatic rings. The largest absolute Gasteiger partial charge is 0.390 e. The van der Waals surface area contributed by atoms with Gasteiger partial charge in [0.05, 0.1) is 12.1 Å². The maximum Gasteiger partial charge on any atom is 0.390 e. The maximum atomic E-state index is 14.5. The molecule has 190 valence electrons. The topological polar surface area (TPSA) is 70.5 Å². The zero-order valence-corrected chi connectivity index (χ0v) is 20.3. The molecule has 0 aliphatic heterocycles. The van der Waals surface area contributed by atoms with E-state index in [1.165, 1.54) is 11.6 Å². The highest BCUT2D eigenvalue weighted by Crippen LogP contribution is 2.25. The highest BCUT2D eigenvalue weighted by Gasteiger charge is 2.29. The van der Waals surface area contributed by atoms with Gasteiger partial charge in [-0.2, -0.15) is 13.2 Å². The van der Waals surface area contributed by atoms with E-state index in [9.17, 15) is 22.4 Å². The van der Waals surface area contributed by atoms with Crippen LogP contribution in [0, 0.1) is 0 Å². The lowest BCUT2D eigenvalue weighted by atomic mass is 10.1. The van der Waals surface area contributed by atoms with E-state index in [0.717, 1.165) is 14.8 Å². The first kappa shape index (κ1) is 25.6. The molecule has 12 heteroatoms. The number of hydrogen-bond acceptors (Lipinski definition) is 4. The van der Waals surface area contributed by atoms with Crippen molar-refractivity contribution >= 4 is 11.6 Å². The molecular weight excluding hydrogens is 500 g/mol. The fourth-order valence-corrected chi connectivity index (χ4v) is 3.94. The Labute approximate surface area is 209 Å². The van der Waals surface area contributed by atoms with Crippen LogP contribution in [0.5, 0.6) is 0 Å². The van der Waals surface area contributed by atoms with Gasteiger partial charge >= 0.3 is 11.9 Å². The van der Waals surface area contributed by atoms with Crippen LogP contribution < -0.4 is 5.69 Å². The number of benzene rings is 2. The van der Waals surface area contributed by atoms with Crippen LogP contribution in [-0.2, 0) is 19.5 Å². The van der Waals surface area contributed by atoms with Crippen LogP contribution in [0.2, 0.25) is 5.02 Å². The lowest BCUT2D eigenvalue weighted by molar-refractivity contribution is -0.136. The Morgan fingerprint density at radius 2 is 1.75 bits per heavy atom. The molecule has 0 saturated carbocycles. The van der Waals surface area contributed by atoms with Gasteiger partial charge < -0.3 is 0 Å². The van der Waals surface area contributed by atoms with Crippen molar-refractivity contribution in [3.63, 3.8) is 0 Å². The molecule has 4 aromatic rings. The monoisotopic (exact) mass is 522 g/mol. The first-order chi connectivity index (χ1) is 17.1. The number of halogens is 5. The second-order valence-electron chi connectivity index (χ2n) is 8.18. The molecule has 4 rings (SSSR count). The SMILES string of the molecule is CCc1ccccc1-n1nc(Cn2nc(-c3ccc(Cl)cc3)n(CCC(F)(F)F)c2=O)nc1C(C)F. The van der Waals surface area contributed by atoms with Gasteiger partial charge in [-0.3, -0.25) is 4.57 Å². The molecule has 36 heavy (non-hydrogen) atoms. The van der Waals surface area contributed by atoms with E-state index in [2.05, 4.69) is 15.2 Å². The Bertz CT molecular complexity index is 1410. The number of hydrogen-bond donors (Lipinski definition) is 0. The summed E-state index contributed by atoms with van der Waals surface area (Å²) in [5.74, 6) is 0.203. The number of nitrogens with zero attached hydrogens (tertiary/aromatic N) is 6. The smallest absolute Gasteiger partial charge is 0.275 e. The van der Waals surface area contributed by atoms with Gasteiger partial charge in [-0.15, -0.1) is 10.2 Å². The summed E-state index contributed by atoms with van der Waals surface area (Å²) in [4.78, 5) is 17.4. The van der Waals surface area contributed by atoms with Gasteiger partial charge in [-0.25, -0.2) is 23.5 Å².